The number of carbonyl (C=O) groups excluding carboxylic acids is 4. The molecule has 0 saturated carbocycles. The van der Waals surface area contributed by atoms with Crippen molar-refractivity contribution in [3.05, 3.63) is 81.3 Å². The fraction of sp³-hybridized carbons (Fsp3) is 0.0833. The third-order valence-electron chi connectivity index (χ3n) is 6.07. The Hall–Kier alpha value is -4.74. The van der Waals surface area contributed by atoms with Crippen molar-refractivity contribution >= 4 is 46.2 Å². The van der Waals surface area contributed by atoms with Crippen LogP contribution in [0.5, 0.6) is 0 Å². The zero-order valence-electron chi connectivity index (χ0n) is 18.2. The van der Waals surface area contributed by atoms with E-state index >= 15 is 17.6 Å². The molecular formula is C24H10F4N2O6. The van der Waals surface area contributed by atoms with Crippen molar-refractivity contribution in [2.75, 3.05) is 9.80 Å². The summed E-state index contributed by atoms with van der Waals surface area (Å²) in [4.78, 5) is 53.2. The molecule has 4 amide bonds. The van der Waals surface area contributed by atoms with Gasteiger partial charge in [-0.3, -0.25) is 19.2 Å². The van der Waals surface area contributed by atoms with Gasteiger partial charge in [0.15, 0.2) is 23.3 Å². The highest BCUT2D eigenvalue weighted by Crippen LogP contribution is 2.45. The third-order valence-corrected chi connectivity index (χ3v) is 6.07. The second-order valence-electron chi connectivity index (χ2n) is 8.17. The Morgan fingerprint density at radius 3 is 1.03 bits per heavy atom. The molecule has 0 unspecified atom stereocenters. The van der Waals surface area contributed by atoms with E-state index in [1.807, 2.05) is 0 Å². The minimum atomic E-state index is -1.89. The largest absolute Gasteiger partial charge is 0.445 e. The molecule has 6 rings (SSSR count). The maximum Gasteiger partial charge on any atom is 0.271 e. The number of hydrogen-bond acceptors (Lipinski definition) is 6. The highest BCUT2D eigenvalue weighted by Gasteiger charge is 2.49. The average Bonchev–Trinajstić information content (AvgIpc) is 3.43. The summed E-state index contributed by atoms with van der Waals surface area (Å²) in [6.07, 6.45) is 0. The second kappa shape index (κ2) is 6.90. The number of amides is 4. The van der Waals surface area contributed by atoms with Gasteiger partial charge in [-0.2, -0.15) is 0 Å². The van der Waals surface area contributed by atoms with Crippen molar-refractivity contribution in [3.63, 3.8) is 0 Å². The van der Waals surface area contributed by atoms with Crippen LogP contribution in [0.25, 0.3) is 10.8 Å². The summed E-state index contributed by atoms with van der Waals surface area (Å²) in [7, 11) is 0. The molecular weight excluding hydrogens is 488 g/mol. The van der Waals surface area contributed by atoms with E-state index in [9.17, 15) is 19.2 Å². The van der Waals surface area contributed by atoms with E-state index in [1.54, 1.807) is 0 Å². The van der Waals surface area contributed by atoms with Crippen LogP contribution in [-0.4, -0.2) is 23.6 Å². The zero-order chi connectivity index (χ0) is 25.8. The van der Waals surface area contributed by atoms with E-state index in [-0.39, 0.29) is 21.3 Å². The maximum absolute atomic E-state index is 15.4. The summed E-state index contributed by atoms with van der Waals surface area (Å²) in [5.74, 6) is -13.8. The lowest BCUT2D eigenvalue weighted by atomic mass is 9.84. The average molecular weight is 498 g/mol. The number of halogens is 4. The van der Waals surface area contributed by atoms with Crippen LogP contribution in [0.2, 0.25) is 0 Å². The maximum atomic E-state index is 15.4. The highest BCUT2D eigenvalue weighted by molar-refractivity contribution is 6.42. The lowest BCUT2D eigenvalue weighted by Gasteiger charge is -2.31. The second-order valence-corrected chi connectivity index (χ2v) is 8.17. The molecule has 0 fully saturated rings. The van der Waals surface area contributed by atoms with E-state index in [4.69, 9.17) is 8.83 Å². The van der Waals surface area contributed by atoms with Crippen LogP contribution in [0.3, 0.4) is 0 Å². The molecule has 2 aromatic carbocycles. The van der Waals surface area contributed by atoms with Crippen LogP contribution in [0, 0.1) is 37.1 Å². The number of anilines is 2. The molecule has 0 spiro atoms. The Bertz CT molecular complexity index is 1540. The van der Waals surface area contributed by atoms with Crippen molar-refractivity contribution < 1.29 is 45.6 Å². The van der Waals surface area contributed by atoms with E-state index in [2.05, 4.69) is 0 Å². The molecule has 8 nitrogen and oxygen atoms in total. The Morgan fingerprint density at radius 1 is 0.528 bits per heavy atom. The van der Waals surface area contributed by atoms with E-state index in [0.29, 0.717) is 0 Å². The first-order valence-corrected chi connectivity index (χ1v) is 10.3. The molecule has 0 aliphatic carbocycles. The fourth-order valence-corrected chi connectivity index (χ4v) is 4.55. The Balaban J connectivity index is 1.74. The van der Waals surface area contributed by atoms with Gasteiger partial charge in [-0.1, -0.05) is 0 Å². The summed E-state index contributed by atoms with van der Waals surface area (Å²) < 4.78 is 72.0. The number of benzene rings is 2. The van der Waals surface area contributed by atoms with Crippen LogP contribution in [0.1, 0.15) is 53.0 Å². The van der Waals surface area contributed by atoms with Gasteiger partial charge in [-0.05, 0) is 26.0 Å². The van der Waals surface area contributed by atoms with Gasteiger partial charge in [0.1, 0.15) is 11.5 Å². The molecule has 2 aromatic heterocycles. The molecule has 2 aliphatic heterocycles. The van der Waals surface area contributed by atoms with E-state index < -0.39 is 91.7 Å². The summed E-state index contributed by atoms with van der Waals surface area (Å²) in [6, 6.07) is 5.00. The number of hydrogen-bond donors (Lipinski definition) is 0. The van der Waals surface area contributed by atoms with Crippen molar-refractivity contribution in [2.24, 2.45) is 0 Å². The summed E-state index contributed by atoms with van der Waals surface area (Å²) in [5, 5.41) is -1.77. The predicted octanol–water partition coefficient (Wildman–Crippen LogP) is 4.80. The molecule has 4 heterocycles. The molecule has 180 valence electrons. The van der Waals surface area contributed by atoms with Gasteiger partial charge in [-0.25, -0.2) is 27.4 Å². The molecule has 0 radical (unpaired) electrons. The number of furan rings is 2. The van der Waals surface area contributed by atoms with Gasteiger partial charge in [0.25, 0.3) is 23.6 Å². The first-order valence-electron chi connectivity index (χ1n) is 10.3. The van der Waals surface area contributed by atoms with Crippen LogP contribution in [0.15, 0.2) is 33.1 Å². The number of aryl methyl sites for hydroxylation is 2. The highest BCUT2D eigenvalue weighted by atomic mass is 19.2. The molecule has 12 heteroatoms. The SMILES string of the molecule is Cc1ccc(N2C(=O)c3c(F)c(F)c4c5c(c(F)c(F)c(c35)C2=O)C(=O)N(c2ccc(C)o2)C4=O)o1. The number of nitrogens with zero attached hydrogens (tertiary/aromatic N) is 2. The quantitative estimate of drug-likeness (QED) is 0.291. The monoisotopic (exact) mass is 498 g/mol. The topological polar surface area (TPSA) is 101 Å². The van der Waals surface area contributed by atoms with Crippen LogP contribution in [0.4, 0.5) is 29.3 Å². The molecule has 2 aliphatic rings. The van der Waals surface area contributed by atoms with E-state index in [1.165, 1.54) is 26.0 Å². The van der Waals surface area contributed by atoms with Gasteiger partial charge in [-0.15, -0.1) is 0 Å². The van der Waals surface area contributed by atoms with Crippen LogP contribution >= 0.6 is 0 Å². The minimum absolute atomic E-state index is 0.224. The van der Waals surface area contributed by atoms with Gasteiger partial charge < -0.3 is 8.83 Å². The van der Waals surface area contributed by atoms with Crippen LogP contribution < -0.4 is 9.80 Å². The summed E-state index contributed by atoms with van der Waals surface area (Å²) in [5.41, 5.74) is -4.62. The summed E-state index contributed by atoms with van der Waals surface area (Å²) in [6.45, 7) is 2.93. The van der Waals surface area contributed by atoms with Gasteiger partial charge in [0.05, 0.1) is 22.3 Å². The molecule has 4 aromatic rings. The third kappa shape index (κ3) is 2.47. The molecule has 0 atom stereocenters. The van der Waals surface area contributed by atoms with Crippen molar-refractivity contribution in [1.82, 2.24) is 0 Å². The Labute approximate surface area is 197 Å². The number of imide groups is 2. The zero-order valence-corrected chi connectivity index (χ0v) is 18.2. The normalized spacial score (nSPS) is 15.1. The lowest BCUT2D eigenvalue weighted by Crippen LogP contribution is -2.45. The van der Waals surface area contributed by atoms with Crippen LogP contribution in [-0.2, 0) is 0 Å². The predicted molar refractivity (Wildman–Crippen MR) is 113 cm³/mol. The van der Waals surface area contributed by atoms with Crippen molar-refractivity contribution in [1.29, 1.82) is 0 Å². The summed E-state index contributed by atoms with van der Waals surface area (Å²) >= 11 is 0. The molecule has 36 heavy (non-hydrogen) atoms. The first-order chi connectivity index (χ1) is 17.0. The van der Waals surface area contributed by atoms with Crippen molar-refractivity contribution in [3.8, 4) is 0 Å². The van der Waals surface area contributed by atoms with Gasteiger partial charge in [0, 0.05) is 22.9 Å². The smallest absolute Gasteiger partial charge is 0.271 e. The molecule has 0 N–H and O–H groups in total. The van der Waals surface area contributed by atoms with Gasteiger partial charge in [0.2, 0.25) is 11.8 Å². The standard InChI is InChI=1S/C24H10F4N2O6/c1-7-3-5-9(35-7)29-21(31)13-11-12-15(19(27)17(13)25)23(33)30(10-6-4-8(2)36-10)24(34)16(12)20(28)18(26)14(11)22(29)32/h3-6H,1-2H3. The van der Waals surface area contributed by atoms with Crippen molar-refractivity contribution in [2.45, 2.75) is 13.8 Å². The van der Waals surface area contributed by atoms with Gasteiger partial charge >= 0.3 is 0 Å². The number of rotatable bonds is 2. The minimum Gasteiger partial charge on any atom is -0.445 e. The first kappa shape index (κ1) is 21.8. The fourth-order valence-electron chi connectivity index (χ4n) is 4.55. The Morgan fingerprint density at radius 2 is 0.806 bits per heavy atom. The lowest BCUT2D eigenvalue weighted by molar-refractivity contribution is 0.0855. The number of carbonyl (C=O) groups is 4. The van der Waals surface area contributed by atoms with E-state index in [0.717, 1.165) is 12.1 Å². The Kier molecular flexibility index (Phi) is 4.17. The molecule has 0 bridgehead atoms. The molecule has 0 saturated heterocycles.